The fourth-order valence-corrected chi connectivity index (χ4v) is 7.96. The molecule has 0 aliphatic rings. The normalized spacial score (nSPS) is 14.9. The topological polar surface area (TPSA) is 29.5 Å². The molecule has 0 radical (unpaired) electrons. The van der Waals surface area contributed by atoms with Crippen LogP contribution in [0.25, 0.3) is 0 Å². The van der Waals surface area contributed by atoms with Gasteiger partial charge in [0.2, 0.25) is 0 Å². The summed E-state index contributed by atoms with van der Waals surface area (Å²) in [4.78, 5) is 0. The fraction of sp³-hybridized carbons (Fsp3) is 0.333. The number of benzene rings is 2. The van der Waals surface area contributed by atoms with E-state index in [-0.39, 0.29) is 5.04 Å². The minimum Gasteiger partial charge on any atom is -0.398 e. The molecular weight excluding hydrogens is 312 g/mol. The van der Waals surface area contributed by atoms with Crippen molar-refractivity contribution in [3.63, 3.8) is 0 Å². The third-order valence-corrected chi connectivity index (χ3v) is 9.47. The average molecular weight is 341 g/mol. The van der Waals surface area contributed by atoms with E-state index in [2.05, 4.69) is 75.9 Å². The molecule has 0 heterocycles. The monoisotopic (exact) mass is 340 g/mol. The molecule has 3 heteroatoms. The molecule has 2 aromatic carbocycles. The number of aliphatic hydroxyl groups excluding tert-OH is 1. The van der Waals surface area contributed by atoms with Crippen LogP contribution in [0.2, 0.25) is 5.04 Å². The average Bonchev–Trinajstić information content (AvgIpc) is 2.56. The Morgan fingerprint density at radius 2 is 1.38 bits per heavy atom. The first-order chi connectivity index (χ1) is 11.3. The lowest BCUT2D eigenvalue weighted by atomic mass is 10.2. The van der Waals surface area contributed by atoms with Gasteiger partial charge >= 0.3 is 0 Å². The summed E-state index contributed by atoms with van der Waals surface area (Å²) in [7, 11) is -2.63. The van der Waals surface area contributed by atoms with Crippen LogP contribution in [0, 0.1) is 0 Å². The van der Waals surface area contributed by atoms with Gasteiger partial charge in [0.25, 0.3) is 8.32 Å². The molecule has 128 valence electrons. The minimum absolute atomic E-state index is 0.105. The van der Waals surface area contributed by atoms with Crippen LogP contribution in [0.1, 0.15) is 27.7 Å². The van der Waals surface area contributed by atoms with Gasteiger partial charge in [-0.15, -0.1) is 6.58 Å². The number of hydrogen-bond donors (Lipinski definition) is 1. The Bertz CT molecular complexity index is 605. The van der Waals surface area contributed by atoms with Crippen molar-refractivity contribution in [3.8, 4) is 0 Å². The Morgan fingerprint density at radius 1 is 0.958 bits per heavy atom. The van der Waals surface area contributed by atoms with Crippen LogP contribution < -0.4 is 10.4 Å². The summed E-state index contributed by atoms with van der Waals surface area (Å²) in [5.41, 5.74) is 0. The smallest absolute Gasteiger partial charge is 0.262 e. The maximum Gasteiger partial charge on any atom is 0.262 e. The molecule has 1 N–H and O–H groups in total. The summed E-state index contributed by atoms with van der Waals surface area (Å²) in [6, 6.07) is 20.9. The molecule has 0 unspecified atom stereocenters. The molecule has 0 spiro atoms. The van der Waals surface area contributed by atoms with E-state index in [0.29, 0.717) is 0 Å². The molecule has 2 nitrogen and oxygen atoms in total. The molecule has 2 atom stereocenters. The second-order valence-corrected chi connectivity index (χ2v) is 11.5. The third-order valence-electron chi connectivity index (χ3n) is 4.44. The lowest BCUT2D eigenvalue weighted by Gasteiger charge is -2.45. The molecular formula is C21H28O2Si. The van der Waals surface area contributed by atoms with Crippen LogP contribution in [-0.4, -0.2) is 25.6 Å². The van der Waals surface area contributed by atoms with E-state index in [1.807, 2.05) is 12.1 Å². The SMILES string of the molecule is C=C[C@@H](O[Si](c1ccccc1)(c1ccccc1)C(C)(C)C)[C@H](C)O. The Balaban J connectivity index is 2.73. The zero-order valence-corrected chi connectivity index (χ0v) is 16.1. The highest BCUT2D eigenvalue weighted by molar-refractivity contribution is 6.99. The quantitative estimate of drug-likeness (QED) is 0.644. The van der Waals surface area contributed by atoms with Crippen LogP contribution in [0.15, 0.2) is 73.3 Å². The first-order valence-electron chi connectivity index (χ1n) is 8.42. The van der Waals surface area contributed by atoms with E-state index >= 15 is 0 Å². The van der Waals surface area contributed by atoms with Gasteiger partial charge in [0, 0.05) is 0 Å². The van der Waals surface area contributed by atoms with Gasteiger partial charge in [-0.1, -0.05) is 87.5 Å². The van der Waals surface area contributed by atoms with Gasteiger partial charge in [0.05, 0.1) is 12.2 Å². The number of hydrogen-bond acceptors (Lipinski definition) is 2. The van der Waals surface area contributed by atoms with Crippen molar-refractivity contribution >= 4 is 18.7 Å². The molecule has 0 aliphatic heterocycles. The van der Waals surface area contributed by atoms with Gasteiger partial charge in [-0.25, -0.2) is 0 Å². The molecule has 24 heavy (non-hydrogen) atoms. The molecule has 0 fully saturated rings. The van der Waals surface area contributed by atoms with Crippen molar-refractivity contribution in [1.82, 2.24) is 0 Å². The van der Waals surface area contributed by atoms with E-state index < -0.39 is 20.5 Å². The van der Waals surface area contributed by atoms with E-state index in [9.17, 15) is 5.11 Å². The summed E-state index contributed by atoms with van der Waals surface area (Å²) in [5, 5.41) is 12.5. The standard InChI is InChI=1S/C21H28O2Si/c1-6-20(17(2)22)23-24(21(3,4)5,18-13-9-7-10-14-18)19-15-11-8-12-16-19/h6-17,20,22H,1H2,2-5H3/t17-,20+/m0/s1. The molecule has 0 saturated carbocycles. The lowest BCUT2D eigenvalue weighted by Crippen LogP contribution is -2.68. The summed E-state index contributed by atoms with van der Waals surface area (Å²) in [6.45, 7) is 12.3. The Hall–Kier alpha value is -1.68. The number of aliphatic hydroxyl groups is 1. The van der Waals surface area contributed by atoms with Crippen molar-refractivity contribution in [2.75, 3.05) is 0 Å². The molecule has 2 rings (SSSR count). The highest BCUT2D eigenvalue weighted by Crippen LogP contribution is 2.37. The van der Waals surface area contributed by atoms with E-state index in [4.69, 9.17) is 4.43 Å². The fourth-order valence-electron chi connectivity index (χ4n) is 3.24. The molecule has 0 amide bonds. The van der Waals surface area contributed by atoms with Crippen molar-refractivity contribution in [2.45, 2.75) is 44.9 Å². The minimum atomic E-state index is -2.63. The van der Waals surface area contributed by atoms with Crippen LogP contribution in [-0.2, 0) is 4.43 Å². The first kappa shape index (κ1) is 18.7. The third kappa shape index (κ3) is 3.53. The van der Waals surface area contributed by atoms with Gasteiger partial charge in [-0.05, 0) is 22.3 Å². The zero-order valence-electron chi connectivity index (χ0n) is 15.1. The van der Waals surface area contributed by atoms with Gasteiger partial charge in [0.1, 0.15) is 0 Å². The van der Waals surface area contributed by atoms with Gasteiger partial charge in [-0.2, -0.15) is 0 Å². The molecule has 0 saturated heterocycles. The van der Waals surface area contributed by atoms with E-state index in [1.54, 1.807) is 13.0 Å². The second kappa shape index (κ2) is 7.47. The predicted octanol–water partition coefficient (Wildman–Crippen LogP) is 3.50. The highest BCUT2D eigenvalue weighted by atomic mass is 28.4. The Morgan fingerprint density at radius 3 is 1.67 bits per heavy atom. The van der Waals surface area contributed by atoms with Gasteiger partial charge in [-0.3, -0.25) is 0 Å². The van der Waals surface area contributed by atoms with Crippen LogP contribution >= 0.6 is 0 Å². The van der Waals surface area contributed by atoms with Gasteiger partial charge in [0.15, 0.2) is 0 Å². The van der Waals surface area contributed by atoms with Gasteiger partial charge < -0.3 is 9.53 Å². The summed E-state index contributed by atoms with van der Waals surface area (Å²) in [5.74, 6) is 0. The van der Waals surface area contributed by atoms with Crippen molar-refractivity contribution in [1.29, 1.82) is 0 Å². The van der Waals surface area contributed by atoms with E-state index in [0.717, 1.165) is 0 Å². The van der Waals surface area contributed by atoms with Crippen molar-refractivity contribution < 1.29 is 9.53 Å². The maximum absolute atomic E-state index is 10.2. The van der Waals surface area contributed by atoms with Crippen LogP contribution in [0.4, 0.5) is 0 Å². The molecule has 0 bridgehead atoms. The molecule has 2 aromatic rings. The zero-order chi connectivity index (χ0) is 17.8. The van der Waals surface area contributed by atoms with Crippen LogP contribution in [0.3, 0.4) is 0 Å². The summed E-state index contributed by atoms with van der Waals surface area (Å²) >= 11 is 0. The number of rotatable bonds is 6. The first-order valence-corrected chi connectivity index (χ1v) is 10.3. The second-order valence-electron chi connectivity index (χ2n) is 7.22. The van der Waals surface area contributed by atoms with Crippen LogP contribution in [0.5, 0.6) is 0 Å². The van der Waals surface area contributed by atoms with Crippen molar-refractivity contribution in [3.05, 3.63) is 73.3 Å². The largest absolute Gasteiger partial charge is 0.398 e. The van der Waals surface area contributed by atoms with E-state index in [1.165, 1.54) is 10.4 Å². The molecule has 0 aromatic heterocycles. The highest BCUT2D eigenvalue weighted by Gasteiger charge is 2.51. The Labute approximate surface area is 146 Å². The maximum atomic E-state index is 10.2. The Kier molecular flexibility index (Phi) is 5.81. The lowest BCUT2D eigenvalue weighted by molar-refractivity contribution is 0.0715. The molecule has 0 aliphatic carbocycles. The summed E-state index contributed by atoms with van der Waals surface area (Å²) < 4.78 is 6.76. The van der Waals surface area contributed by atoms with Crippen molar-refractivity contribution in [2.24, 2.45) is 0 Å². The summed E-state index contributed by atoms with van der Waals surface area (Å²) in [6.07, 6.45) is 0.699. The predicted molar refractivity (Wildman–Crippen MR) is 104 cm³/mol.